The molecule has 0 saturated heterocycles. The van der Waals surface area contributed by atoms with E-state index in [1.54, 1.807) is 29.1 Å². The molecule has 0 atom stereocenters. The largest absolute Gasteiger partial charge is 0.492 e. The van der Waals surface area contributed by atoms with E-state index in [2.05, 4.69) is 5.32 Å². The van der Waals surface area contributed by atoms with Crippen LogP contribution in [0.5, 0.6) is 5.75 Å². The highest BCUT2D eigenvalue weighted by Crippen LogP contribution is 2.32. The third-order valence-electron chi connectivity index (χ3n) is 5.23. The first-order valence-electron chi connectivity index (χ1n) is 11.1. The lowest BCUT2D eigenvalue weighted by molar-refractivity contribution is -0.117. The van der Waals surface area contributed by atoms with E-state index in [0.717, 1.165) is 16.8 Å². The van der Waals surface area contributed by atoms with Crippen molar-refractivity contribution in [2.75, 3.05) is 6.61 Å². The van der Waals surface area contributed by atoms with Gasteiger partial charge in [-0.2, -0.15) is 10.4 Å². The minimum atomic E-state index is -0.459. The molecule has 174 valence electrons. The molecule has 0 aliphatic heterocycles. The Hall–Kier alpha value is -4.34. The number of aromatic nitrogens is 2. The number of amides is 1. The summed E-state index contributed by atoms with van der Waals surface area (Å²) < 4.78 is 7.25. The van der Waals surface area contributed by atoms with E-state index in [1.807, 2.05) is 79.7 Å². The highest BCUT2D eigenvalue weighted by atomic mass is 35.5. The zero-order chi connectivity index (χ0) is 24.6. The Morgan fingerprint density at radius 3 is 2.49 bits per heavy atom. The minimum absolute atomic E-state index is 0.0215. The first-order valence-corrected chi connectivity index (χ1v) is 11.5. The Morgan fingerprint density at radius 2 is 1.83 bits per heavy atom. The van der Waals surface area contributed by atoms with E-state index >= 15 is 0 Å². The highest BCUT2D eigenvalue weighted by Gasteiger charge is 2.16. The van der Waals surface area contributed by atoms with Crippen LogP contribution in [0.15, 0.2) is 90.6 Å². The maximum atomic E-state index is 12.8. The number of carbonyl (C=O) groups excluding carboxylic acids is 1. The Bertz CT molecular complexity index is 1390. The molecule has 35 heavy (non-hydrogen) atoms. The van der Waals surface area contributed by atoms with Crippen molar-refractivity contribution >= 4 is 23.6 Å². The van der Waals surface area contributed by atoms with Crippen LogP contribution in [0.25, 0.3) is 23.0 Å². The van der Waals surface area contributed by atoms with E-state index in [-0.39, 0.29) is 5.57 Å². The smallest absolute Gasteiger partial charge is 0.262 e. The molecular weight excluding hydrogens is 460 g/mol. The number of halogens is 1. The van der Waals surface area contributed by atoms with Gasteiger partial charge in [0.15, 0.2) is 0 Å². The first-order chi connectivity index (χ1) is 17.1. The number of nitrogens with zero attached hydrogens (tertiary/aromatic N) is 3. The molecule has 1 aromatic heterocycles. The van der Waals surface area contributed by atoms with Crippen LogP contribution in [0, 0.1) is 11.3 Å². The Kier molecular flexibility index (Phi) is 7.61. The van der Waals surface area contributed by atoms with E-state index in [9.17, 15) is 10.1 Å². The Labute approximate surface area is 209 Å². The molecule has 3 aromatic carbocycles. The van der Waals surface area contributed by atoms with E-state index in [1.165, 1.54) is 0 Å². The number of carbonyl (C=O) groups is 1. The van der Waals surface area contributed by atoms with Crippen molar-refractivity contribution < 1.29 is 9.53 Å². The number of nitrogens with one attached hydrogen (secondary N) is 1. The standard InChI is InChI=1S/C28H23ClN4O2/c1-2-35-26-14-13-21(16-25(26)29)27-23(19-33(32-27)24-11-7-4-8-12-24)15-22(17-30)28(34)31-18-20-9-5-3-6-10-20/h3-16,19H,2,18H2,1H3,(H,31,34)/b22-15+. The van der Waals surface area contributed by atoms with Crippen LogP contribution in [0.3, 0.4) is 0 Å². The van der Waals surface area contributed by atoms with Gasteiger partial charge in [0.05, 0.1) is 17.3 Å². The topological polar surface area (TPSA) is 79.9 Å². The first kappa shape index (κ1) is 23.8. The average molecular weight is 483 g/mol. The molecule has 0 saturated carbocycles. The molecule has 4 rings (SSSR count). The molecule has 0 radical (unpaired) electrons. The second kappa shape index (κ2) is 11.2. The second-order valence-corrected chi connectivity index (χ2v) is 8.04. The van der Waals surface area contributed by atoms with Gasteiger partial charge in [0.1, 0.15) is 23.1 Å². The summed E-state index contributed by atoms with van der Waals surface area (Å²) in [5.41, 5.74) is 3.70. The van der Waals surface area contributed by atoms with Gasteiger partial charge < -0.3 is 10.1 Å². The van der Waals surface area contributed by atoms with Gasteiger partial charge in [-0.3, -0.25) is 4.79 Å². The Balaban J connectivity index is 1.71. The second-order valence-electron chi connectivity index (χ2n) is 7.63. The number of hydrogen-bond donors (Lipinski definition) is 1. The molecule has 6 nitrogen and oxygen atoms in total. The van der Waals surface area contributed by atoms with Crippen molar-refractivity contribution in [1.82, 2.24) is 15.1 Å². The number of ether oxygens (including phenoxy) is 1. The summed E-state index contributed by atoms with van der Waals surface area (Å²) in [4.78, 5) is 12.8. The summed E-state index contributed by atoms with van der Waals surface area (Å²) in [6.07, 6.45) is 3.34. The molecule has 1 amide bonds. The van der Waals surface area contributed by atoms with Crippen LogP contribution >= 0.6 is 11.6 Å². The zero-order valence-electron chi connectivity index (χ0n) is 19.1. The van der Waals surface area contributed by atoms with E-state index in [4.69, 9.17) is 21.4 Å². The summed E-state index contributed by atoms with van der Waals surface area (Å²) in [6.45, 7) is 2.71. The van der Waals surface area contributed by atoms with Crippen LogP contribution in [-0.2, 0) is 11.3 Å². The monoisotopic (exact) mass is 482 g/mol. The van der Waals surface area contributed by atoms with Crippen molar-refractivity contribution in [3.8, 4) is 28.8 Å². The van der Waals surface area contributed by atoms with Gasteiger partial charge in [-0.15, -0.1) is 0 Å². The lowest BCUT2D eigenvalue weighted by Gasteiger charge is -2.07. The summed E-state index contributed by atoms with van der Waals surface area (Å²) in [6, 6.07) is 26.5. The SMILES string of the molecule is CCOc1ccc(-c2nn(-c3ccccc3)cc2/C=C(\C#N)C(=O)NCc2ccccc2)cc1Cl. The molecule has 0 aliphatic carbocycles. The predicted molar refractivity (Wildman–Crippen MR) is 137 cm³/mol. The maximum Gasteiger partial charge on any atom is 0.262 e. The van der Waals surface area contributed by atoms with Crippen LogP contribution in [0.1, 0.15) is 18.1 Å². The quantitative estimate of drug-likeness (QED) is 0.253. The third-order valence-corrected chi connectivity index (χ3v) is 5.52. The zero-order valence-corrected chi connectivity index (χ0v) is 19.9. The molecule has 7 heteroatoms. The summed E-state index contributed by atoms with van der Waals surface area (Å²) in [7, 11) is 0. The van der Waals surface area contributed by atoms with Gasteiger partial charge >= 0.3 is 0 Å². The number of benzene rings is 3. The van der Waals surface area contributed by atoms with Gasteiger partial charge in [0.25, 0.3) is 5.91 Å². The number of para-hydroxylation sites is 1. The average Bonchev–Trinajstić information content (AvgIpc) is 3.32. The van der Waals surface area contributed by atoms with Crippen molar-refractivity contribution in [3.05, 3.63) is 107 Å². The van der Waals surface area contributed by atoms with Crippen molar-refractivity contribution in [1.29, 1.82) is 5.26 Å². The normalized spacial score (nSPS) is 11.1. The molecular formula is C28H23ClN4O2. The van der Waals surface area contributed by atoms with Gasteiger partial charge in [-0.1, -0.05) is 60.1 Å². The van der Waals surface area contributed by atoms with Gasteiger partial charge in [0, 0.05) is 23.9 Å². The van der Waals surface area contributed by atoms with Gasteiger partial charge in [-0.25, -0.2) is 4.68 Å². The van der Waals surface area contributed by atoms with Gasteiger partial charge in [0.2, 0.25) is 0 Å². The molecule has 1 heterocycles. The van der Waals surface area contributed by atoms with Crippen LogP contribution in [0.4, 0.5) is 0 Å². The molecule has 0 aliphatic rings. The number of hydrogen-bond acceptors (Lipinski definition) is 4. The van der Waals surface area contributed by atoms with E-state index in [0.29, 0.717) is 35.2 Å². The van der Waals surface area contributed by atoms with Crippen LogP contribution < -0.4 is 10.1 Å². The summed E-state index contributed by atoms with van der Waals surface area (Å²) in [5, 5.41) is 17.7. The minimum Gasteiger partial charge on any atom is -0.492 e. The van der Waals surface area contributed by atoms with Crippen LogP contribution in [0.2, 0.25) is 5.02 Å². The molecule has 1 N–H and O–H groups in total. The maximum absolute atomic E-state index is 12.8. The lowest BCUT2D eigenvalue weighted by atomic mass is 10.1. The molecule has 4 aromatic rings. The highest BCUT2D eigenvalue weighted by molar-refractivity contribution is 6.32. The van der Waals surface area contributed by atoms with E-state index < -0.39 is 5.91 Å². The molecule has 0 bridgehead atoms. The predicted octanol–water partition coefficient (Wildman–Crippen LogP) is 5.81. The van der Waals surface area contributed by atoms with Crippen molar-refractivity contribution in [3.63, 3.8) is 0 Å². The summed E-state index contributed by atoms with van der Waals surface area (Å²) in [5.74, 6) is 0.120. The van der Waals surface area contributed by atoms with Crippen molar-refractivity contribution in [2.45, 2.75) is 13.5 Å². The summed E-state index contributed by atoms with van der Waals surface area (Å²) >= 11 is 6.43. The van der Waals surface area contributed by atoms with Crippen LogP contribution in [-0.4, -0.2) is 22.3 Å². The number of nitriles is 1. The fourth-order valence-electron chi connectivity index (χ4n) is 3.53. The molecule has 0 fully saturated rings. The third kappa shape index (κ3) is 5.78. The molecule has 0 unspecified atom stereocenters. The molecule has 0 spiro atoms. The van der Waals surface area contributed by atoms with Crippen molar-refractivity contribution in [2.24, 2.45) is 0 Å². The van der Waals surface area contributed by atoms with Gasteiger partial charge in [-0.05, 0) is 48.9 Å². The fraction of sp³-hybridized carbons (Fsp3) is 0.107. The lowest BCUT2D eigenvalue weighted by Crippen LogP contribution is -2.23. The fourth-order valence-corrected chi connectivity index (χ4v) is 3.76. The Morgan fingerprint density at radius 1 is 1.11 bits per heavy atom. The number of rotatable bonds is 8.